The Hall–Kier alpha value is -4.11. The predicted molar refractivity (Wildman–Crippen MR) is 138 cm³/mol. The second-order valence-corrected chi connectivity index (χ2v) is 9.57. The van der Waals surface area contributed by atoms with Crippen LogP contribution < -0.4 is 4.74 Å². The van der Waals surface area contributed by atoms with Crippen LogP contribution in [0.3, 0.4) is 0 Å². The molecule has 9 nitrogen and oxygen atoms in total. The van der Waals surface area contributed by atoms with E-state index < -0.39 is 29.5 Å². The zero-order valence-electron chi connectivity index (χ0n) is 21.9. The number of aromatic hydroxyl groups is 3. The molecule has 0 saturated heterocycles. The fraction of sp³-hybridized carbons (Fsp3) is 0.345. The third-order valence-electron chi connectivity index (χ3n) is 6.63. The topological polar surface area (TPSA) is 135 Å². The van der Waals surface area contributed by atoms with Crippen molar-refractivity contribution in [3.63, 3.8) is 0 Å². The van der Waals surface area contributed by atoms with E-state index in [-0.39, 0.29) is 47.3 Å². The number of carbonyl (C=O) groups excluding carboxylic acids is 2. The number of nitrogens with zero attached hydrogens (tertiary/aromatic N) is 1. The highest BCUT2D eigenvalue weighted by molar-refractivity contribution is 5.98. The van der Waals surface area contributed by atoms with E-state index >= 15 is 0 Å². The number of ether oxygens (including phenoxy) is 3. The van der Waals surface area contributed by atoms with Gasteiger partial charge >= 0.3 is 5.97 Å². The molecule has 3 aromatic rings. The number of methoxy groups -OCH3 is 1. The van der Waals surface area contributed by atoms with E-state index in [0.717, 1.165) is 0 Å². The van der Waals surface area contributed by atoms with Crippen LogP contribution in [-0.4, -0.2) is 45.3 Å². The summed E-state index contributed by atoms with van der Waals surface area (Å²) in [5.74, 6) is -2.15. The van der Waals surface area contributed by atoms with E-state index in [1.807, 2.05) is 13.8 Å². The minimum atomic E-state index is -0.926. The molecule has 2 aromatic carbocycles. The zero-order chi connectivity index (χ0) is 27.7. The van der Waals surface area contributed by atoms with Gasteiger partial charge in [-0.25, -0.2) is 0 Å². The van der Waals surface area contributed by atoms with Crippen LogP contribution in [0.5, 0.6) is 23.0 Å². The Labute approximate surface area is 220 Å². The highest BCUT2D eigenvalue weighted by atomic mass is 16.5. The zero-order valence-corrected chi connectivity index (χ0v) is 21.9. The SMILES string of the molecule is COC(=O)CC(c1ccc(OC(C)C)cc1)c1c(O)c(C(C)=O)cc(C2OCc3cnc(C)c(O)c32)c1O. The number of pyridine rings is 1. The molecule has 0 amide bonds. The maximum absolute atomic E-state index is 12.6. The molecule has 0 spiro atoms. The summed E-state index contributed by atoms with van der Waals surface area (Å²) in [5.41, 5.74) is 2.15. The van der Waals surface area contributed by atoms with Crippen molar-refractivity contribution in [1.29, 1.82) is 0 Å². The van der Waals surface area contributed by atoms with Crippen LogP contribution in [-0.2, 0) is 20.9 Å². The number of aromatic nitrogens is 1. The highest BCUT2D eigenvalue weighted by Crippen LogP contribution is 2.50. The molecule has 9 heteroatoms. The number of benzene rings is 2. The molecule has 0 aliphatic carbocycles. The van der Waals surface area contributed by atoms with Gasteiger partial charge in [0.15, 0.2) is 5.78 Å². The van der Waals surface area contributed by atoms with Gasteiger partial charge in [0.05, 0.1) is 37.5 Å². The van der Waals surface area contributed by atoms with Crippen LogP contribution in [0.15, 0.2) is 36.5 Å². The van der Waals surface area contributed by atoms with Crippen molar-refractivity contribution >= 4 is 11.8 Å². The lowest BCUT2D eigenvalue weighted by Gasteiger charge is -2.25. The van der Waals surface area contributed by atoms with E-state index in [0.29, 0.717) is 28.1 Å². The summed E-state index contributed by atoms with van der Waals surface area (Å²) in [4.78, 5) is 29.2. The first-order valence-electron chi connectivity index (χ1n) is 12.2. The summed E-state index contributed by atoms with van der Waals surface area (Å²) in [7, 11) is 1.25. The molecule has 4 rings (SSSR count). The van der Waals surface area contributed by atoms with Crippen LogP contribution in [0.4, 0.5) is 0 Å². The van der Waals surface area contributed by atoms with Crippen molar-refractivity contribution in [3.05, 3.63) is 75.6 Å². The van der Waals surface area contributed by atoms with Crippen molar-refractivity contribution in [3.8, 4) is 23.0 Å². The van der Waals surface area contributed by atoms with E-state index in [9.17, 15) is 24.9 Å². The van der Waals surface area contributed by atoms with Gasteiger partial charge in [0.1, 0.15) is 29.1 Å². The monoisotopic (exact) mass is 521 g/mol. The standard InChI is InChI=1S/C29H31NO8/c1-14(2)38-19-8-6-17(7-9-19)21(11-23(32)36-5)25-27(34)20(16(4)31)10-22(28(25)35)29-24-18(13-37-29)12-30-15(3)26(24)33/h6-10,12,14,21,29,33-35H,11,13H2,1-5H3. The first kappa shape index (κ1) is 26.9. The fourth-order valence-electron chi connectivity index (χ4n) is 4.75. The van der Waals surface area contributed by atoms with Gasteiger partial charge in [0, 0.05) is 34.4 Å². The molecule has 2 heterocycles. The average molecular weight is 522 g/mol. The second kappa shape index (κ2) is 10.7. The van der Waals surface area contributed by atoms with E-state index in [2.05, 4.69) is 4.98 Å². The Morgan fingerprint density at radius 2 is 1.79 bits per heavy atom. The van der Waals surface area contributed by atoms with Crippen molar-refractivity contribution < 1.29 is 39.1 Å². The quantitative estimate of drug-likeness (QED) is 0.282. The fourth-order valence-corrected chi connectivity index (χ4v) is 4.75. The van der Waals surface area contributed by atoms with Crippen LogP contribution in [0.2, 0.25) is 0 Å². The maximum atomic E-state index is 12.6. The molecule has 1 aliphatic heterocycles. The lowest BCUT2D eigenvalue weighted by Crippen LogP contribution is -2.14. The molecule has 1 aliphatic rings. The van der Waals surface area contributed by atoms with Gasteiger partial charge in [-0.15, -0.1) is 0 Å². The Kier molecular flexibility index (Phi) is 7.59. The Morgan fingerprint density at radius 3 is 2.39 bits per heavy atom. The molecule has 3 N–H and O–H groups in total. The van der Waals surface area contributed by atoms with Gasteiger partial charge in [-0.05, 0) is 51.5 Å². The van der Waals surface area contributed by atoms with Gasteiger partial charge < -0.3 is 29.5 Å². The summed E-state index contributed by atoms with van der Waals surface area (Å²) in [6.45, 7) is 6.87. The number of aryl methyl sites for hydroxylation is 1. The minimum absolute atomic E-state index is 0.0158. The molecular weight excluding hydrogens is 490 g/mol. The number of Topliss-reactive ketones (excluding diaryl/α,β-unsaturated/α-hetero) is 1. The summed E-state index contributed by atoms with van der Waals surface area (Å²) < 4.78 is 16.6. The van der Waals surface area contributed by atoms with Crippen LogP contribution in [0, 0.1) is 6.92 Å². The Balaban J connectivity index is 1.93. The second-order valence-electron chi connectivity index (χ2n) is 9.57. The molecule has 2 unspecified atom stereocenters. The predicted octanol–water partition coefficient (Wildman–Crippen LogP) is 4.81. The number of phenols is 2. The molecule has 200 valence electrons. The Morgan fingerprint density at radius 1 is 1.11 bits per heavy atom. The smallest absolute Gasteiger partial charge is 0.306 e. The number of ketones is 1. The van der Waals surface area contributed by atoms with Crippen molar-refractivity contribution in [2.45, 2.75) is 58.8 Å². The average Bonchev–Trinajstić information content (AvgIpc) is 3.30. The van der Waals surface area contributed by atoms with Gasteiger partial charge in [-0.2, -0.15) is 0 Å². The lowest BCUT2D eigenvalue weighted by molar-refractivity contribution is -0.140. The number of esters is 1. The third kappa shape index (κ3) is 5.02. The third-order valence-corrected chi connectivity index (χ3v) is 6.63. The molecule has 1 aromatic heterocycles. The molecule has 2 atom stereocenters. The normalized spacial score (nSPS) is 15.3. The summed E-state index contributed by atoms with van der Waals surface area (Å²) in [6.07, 6.45) is 0.401. The number of fused-ring (bicyclic) bond motifs is 1. The van der Waals surface area contributed by atoms with E-state index in [1.54, 1.807) is 37.4 Å². The first-order valence-corrected chi connectivity index (χ1v) is 12.2. The van der Waals surface area contributed by atoms with Crippen LogP contribution in [0.1, 0.15) is 83.1 Å². The van der Waals surface area contributed by atoms with E-state index in [4.69, 9.17) is 14.2 Å². The number of phenolic OH excluding ortho intramolecular Hbond substituents is 2. The summed E-state index contributed by atoms with van der Waals surface area (Å²) in [6, 6.07) is 8.28. The van der Waals surface area contributed by atoms with Gasteiger partial charge in [0.2, 0.25) is 0 Å². The summed E-state index contributed by atoms with van der Waals surface area (Å²) in [5, 5.41) is 33.6. The number of rotatable bonds is 8. The maximum Gasteiger partial charge on any atom is 0.306 e. The number of hydrogen-bond donors (Lipinski definition) is 3. The van der Waals surface area contributed by atoms with Crippen LogP contribution in [0.25, 0.3) is 0 Å². The molecular formula is C29H31NO8. The molecule has 0 radical (unpaired) electrons. The largest absolute Gasteiger partial charge is 0.507 e. The summed E-state index contributed by atoms with van der Waals surface area (Å²) >= 11 is 0. The molecule has 38 heavy (non-hydrogen) atoms. The molecule has 0 fully saturated rings. The van der Waals surface area contributed by atoms with Crippen molar-refractivity contribution in [1.82, 2.24) is 4.98 Å². The van der Waals surface area contributed by atoms with Crippen LogP contribution >= 0.6 is 0 Å². The Bertz CT molecular complexity index is 1380. The lowest BCUT2D eigenvalue weighted by atomic mass is 9.83. The van der Waals surface area contributed by atoms with Gasteiger partial charge in [-0.1, -0.05) is 12.1 Å². The first-order chi connectivity index (χ1) is 18.0. The van der Waals surface area contributed by atoms with Crippen molar-refractivity contribution in [2.75, 3.05) is 7.11 Å². The number of carbonyl (C=O) groups is 2. The molecule has 0 saturated carbocycles. The van der Waals surface area contributed by atoms with Gasteiger partial charge in [-0.3, -0.25) is 14.6 Å². The van der Waals surface area contributed by atoms with Crippen molar-refractivity contribution in [2.24, 2.45) is 0 Å². The van der Waals surface area contributed by atoms with Gasteiger partial charge in [0.25, 0.3) is 0 Å². The minimum Gasteiger partial charge on any atom is -0.507 e. The van der Waals surface area contributed by atoms with E-state index in [1.165, 1.54) is 20.1 Å². The highest BCUT2D eigenvalue weighted by Gasteiger charge is 2.36. The number of hydrogen-bond acceptors (Lipinski definition) is 9. The molecule has 0 bridgehead atoms.